The quantitative estimate of drug-likeness (QED) is 0.667. The molecule has 0 radical (unpaired) electrons. The molecule has 0 heterocycles. The first-order valence-electron chi connectivity index (χ1n) is 5.60. The zero-order valence-corrected chi connectivity index (χ0v) is 10.1. The van der Waals surface area contributed by atoms with Crippen molar-refractivity contribution in [2.45, 2.75) is 13.3 Å². The highest BCUT2D eigenvalue weighted by Crippen LogP contribution is 2.09. The van der Waals surface area contributed by atoms with Gasteiger partial charge in [0.15, 0.2) is 0 Å². The van der Waals surface area contributed by atoms with Crippen LogP contribution in [-0.2, 0) is 4.79 Å². The second-order valence-electron chi connectivity index (χ2n) is 3.71. The summed E-state index contributed by atoms with van der Waals surface area (Å²) in [5.41, 5.74) is 6.74. The van der Waals surface area contributed by atoms with Crippen molar-refractivity contribution in [2.24, 2.45) is 5.73 Å². The number of nitrogens with one attached hydrogen (secondary N) is 1. The van der Waals surface area contributed by atoms with Gasteiger partial charge in [0.1, 0.15) is 0 Å². The second kappa shape index (κ2) is 6.44. The van der Waals surface area contributed by atoms with Gasteiger partial charge in [0, 0.05) is 23.4 Å². The number of anilines is 1. The number of carboxylic acids is 1. The third-order valence-electron chi connectivity index (χ3n) is 2.48. The molecular weight excluding hydrogens is 232 g/mol. The third kappa shape index (κ3) is 3.93. The number of hydrogen-bond donors (Lipinski definition) is 3. The van der Waals surface area contributed by atoms with Crippen LogP contribution in [0.5, 0.6) is 0 Å². The van der Waals surface area contributed by atoms with Crippen LogP contribution in [0.15, 0.2) is 35.9 Å². The number of primary amides is 1. The van der Waals surface area contributed by atoms with E-state index in [-0.39, 0.29) is 0 Å². The molecule has 0 aliphatic rings. The Morgan fingerprint density at radius 1 is 1.33 bits per heavy atom. The summed E-state index contributed by atoms with van der Waals surface area (Å²) in [6.07, 6.45) is 2.11. The Balaban J connectivity index is 2.59. The number of nitrogens with two attached hydrogens (primary N) is 1. The Labute approximate surface area is 105 Å². The van der Waals surface area contributed by atoms with Crippen LogP contribution in [0.3, 0.4) is 0 Å². The fraction of sp³-hybridized carbons (Fsp3) is 0.231. The maximum atomic E-state index is 10.9. The van der Waals surface area contributed by atoms with Crippen LogP contribution in [0.25, 0.3) is 0 Å². The van der Waals surface area contributed by atoms with E-state index in [4.69, 9.17) is 10.8 Å². The zero-order chi connectivity index (χ0) is 13.5. The molecule has 0 unspecified atom stereocenters. The van der Waals surface area contributed by atoms with E-state index < -0.39 is 11.9 Å². The summed E-state index contributed by atoms with van der Waals surface area (Å²) < 4.78 is 0. The van der Waals surface area contributed by atoms with Gasteiger partial charge in [-0.3, -0.25) is 4.79 Å². The first-order chi connectivity index (χ1) is 8.54. The summed E-state index contributed by atoms with van der Waals surface area (Å²) in [7, 11) is 0. The number of benzene rings is 1. The van der Waals surface area contributed by atoms with Crippen molar-refractivity contribution in [3.63, 3.8) is 0 Å². The Bertz CT molecular complexity index is 464. The van der Waals surface area contributed by atoms with Crippen molar-refractivity contribution >= 4 is 17.6 Å². The lowest BCUT2D eigenvalue weighted by Gasteiger charge is -2.05. The number of aliphatic carboxylic acids is 1. The van der Waals surface area contributed by atoms with Crippen LogP contribution < -0.4 is 11.1 Å². The number of amides is 1. The van der Waals surface area contributed by atoms with Gasteiger partial charge in [-0.1, -0.05) is 13.0 Å². The van der Waals surface area contributed by atoms with Crippen LogP contribution in [0.4, 0.5) is 5.69 Å². The van der Waals surface area contributed by atoms with Crippen LogP contribution in [-0.4, -0.2) is 23.5 Å². The summed E-state index contributed by atoms with van der Waals surface area (Å²) in [4.78, 5) is 21.6. The SMILES string of the molecule is CC/C(=C/CNc1ccc(C(N)=O)cc1)C(=O)O. The molecule has 0 aliphatic carbocycles. The molecule has 0 aromatic heterocycles. The predicted octanol–water partition coefficient (Wildman–Crippen LogP) is 1.62. The minimum atomic E-state index is -0.900. The Morgan fingerprint density at radius 2 is 1.94 bits per heavy atom. The highest BCUT2D eigenvalue weighted by molar-refractivity contribution is 5.93. The van der Waals surface area contributed by atoms with E-state index in [2.05, 4.69) is 5.32 Å². The van der Waals surface area contributed by atoms with Crippen LogP contribution in [0.1, 0.15) is 23.7 Å². The molecule has 5 nitrogen and oxygen atoms in total. The molecule has 1 aromatic carbocycles. The molecule has 0 fully saturated rings. The van der Waals surface area contributed by atoms with Crippen molar-refractivity contribution in [3.05, 3.63) is 41.5 Å². The number of carbonyl (C=O) groups is 2. The lowest BCUT2D eigenvalue weighted by molar-refractivity contribution is -0.132. The topological polar surface area (TPSA) is 92.4 Å². The first kappa shape index (κ1) is 13.8. The molecule has 1 rings (SSSR count). The molecule has 0 bridgehead atoms. The number of carbonyl (C=O) groups excluding carboxylic acids is 1. The smallest absolute Gasteiger partial charge is 0.331 e. The predicted molar refractivity (Wildman–Crippen MR) is 69.5 cm³/mol. The van der Waals surface area contributed by atoms with E-state index in [1.807, 2.05) is 0 Å². The van der Waals surface area contributed by atoms with Gasteiger partial charge in [0.25, 0.3) is 0 Å². The van der Waals surface area contributed by atoms with Crippen LogP contribution >= 0.6 is 0 Å². The average molecular weight is 248 g/mol. The number of rotatable bonds is 6. The largest absolute Gasteiger partial charge is 0.478 e. The molecule has 18 heavy (non-hydrogen) atoms. The maximum absolute atomic E-state index is 10.9. The fourth-order valence-electron chi connectivity index (χ4n) is 1.43. The summed E-state index contributed by atoms with van der Waals surface area (Å²) in [6.45, 7) is 2.22. The molecule has 0 saturated carbocycles. The maximum Gasteiger partial charge on any atom is 0.331 e. The Hall–Kier alpha value is -2.30. The van der Waals surface area contributed by atoms with Crippen LogP contribution in [0, 0.1) is 0 Å². The fourth-order valence-corrected chi connectivity index (χ4v) is 1.43. The van der Waals surface area contributed by atoms with Gasteiger partial charge in [0.05, 0.1) is 0 Å². The van der Waals surface area contributed by atoms with Crippen molar-refractivity contribution < 1.29 is 14.7 Å². The minimum absolute atomic E-state index is 0.372. The molecular formula is C13H16N2O3. The molecule has 1 amide bonds. The third-order valence-corrected chi connectivity index (χ3v) is 2.48. The average Bonchev–Trinajstić information content (AvgIpc) is 2.34. The van der Waals surface area contributed by atoms with E-state index >= 15 is 0 Å². The Kier molecular flexibility index (Phi) is 4.92. The monoisotopic (exact) mass is 248 g/mol. The molecule has 1 aromatic rings. The summed E-state index contributed by atoms with van der Waals surface area (Å²) in [6, 6.07) is 6.68. The molecule has 0 spiro atoms. The zero-order valence-electron chi connectivity index (χ0n) is 10.1. The minimum Gasteiger partial charge on any atom is -0.478 e. The highest BCUT2D eigenvalue weighted by atomic mass is 16.4. The summed E-state index contributed by atoms with van der Waals surface area (Å²) in [5, 5.41) is 11.9. The summed E-state index contributed by atoms with van der Waals surface area (Å²) >= 11 is 0. The van der Waals surface area contributed by atoms with Gasteiger partial charge in [-0.15, -0.1) is 0 Å². The van der Waals surface area contributed by atoms with Crippen molar-refractivity contribution in [1.29, 1.82) is 0 Å². The molecule has 96 valence electrons. The van der Waals surface area contributed by atoms with Crippen LogP contribution in [0.2, 0.25) is 0 Å². The van der Waals surface area contributed by atoms with E-state index in [1.165, 1.54) is 0 Å². The highest BCUT2D eigenvalue weighted by Gasteiger charge is 2.03. The summed E-state index contributed by atoms with van der Waals surface area (Å²) in [5.74, 6) is -1.37. The van der Waals surface area contributed by atoms with E-state index in [9.17, 15) is 9.59 Å². The lowest BCUT2D eigenvalue weighted by atomic mass is 10.2. The normalized spacial score (nSPS) is 11.1. The first-order valence-corrected chi connectivity index (χ1v) is 5.60. The molecule has 5 heteroatoms. The van der Waals surface area contributed by atoms with E-state index in [0.717, 1.165) is 5.69 Å². The number of hydrogen-bond acceptors (Lipinski definition) is 3. The molecule has 4 N–H and O–H groups in total. The molecule has 0 atom stereocenters. The van der Waals surface area contributed by atoms with Gasteiger partial charge >= 0.3 is 5.97 Å². The molecule has 0 aliphatic heterocycles. The molecule has 0 saturated heterocycles. The van der Waals surface area contributed by atoms with Crippen molar-refractivity contribution in [2.75, 3.05) is 11.9 Å². The van der Waals surface area contributed by atoms with Crippen molar-refractivity contribution in [1.82, 2.24) is 0 Å². The van der Waals surface area contributed by atoms with Gasteiger partial charge in [-0.25, -0.2) is 4.79 Å². The van der Waals surface area contributed by atoms with Gasteiger partial charge in [-0.05, 0) is 30.7 Å². The lowest BCUT2D eigenvalue weighted by Crippen LogP contribution is -2.10. The van der Waals surface area contributed by atoms with Crippen molar-refractivity contribution in [3.8, 4) is 0 Å². The van der Waals surface area contributed by atoms with Gasteiger partial charge in [-0.2, -0.15) is 0 Å². The van der Waals surface area contributed by atoms with Gasteiger partial charge < -0.3 is 16.2 Å². The van der Waals surface area contributed by atoms with Gasteiger partial charge in [0.2, 0.25) is 5.91 Å². The second-order valence-corrected chi connectivity index (χ2v) is 3.71. The Morgan fingerprint density at radius 3 is 2.39 bits per heavy atom. The number of carboxylic acid groups (broad SMARTS) is 1. The van der Waals surface area contributed by atoms with E-state index in [1.54, 1.807) is 37.3 Å². The van der Waals surface area contributed by atoms with E-state index in [0.29, 0.717) is 24.1 Å². The standard InChI is InChI=1S/C13H16N2O3/c1-2-9(13(17)18)7-8-15-11-5-3-10(4-6-11)12(14)16/h3-7,15H,2,8H2,1H3,(H2,14,16)(H,17,18)/b9-7-.